The molecule has 1 amide bonds. The maximum atomic E-state index is 12.2. The van der Waals surface area contributed by atoms with Crippen LogP contribution in [0.2, 0.25) is 0 Å². The highest BCUT2D eigenvalue weighted by Gasteiger charge is 2.07. The van der Waals surface area contributed by atoms with Crippen LogP contribution in [0.3, 0.4) is 0 Å². The summed E-state index contributed by atoms with van der Waals surface area (Å²) in [6.07, 6.45) is 2.41. The average molecular weight is 339 g/mol. The second-order valence-electron chi connectivity index (χ2n) is 6.32. The van der Waals surface area contributed by atoms with E-state index in [-0.39, 0.29) is 5.91 Å². The Balaban J connectivity index is 1.88. The summed E-state index contributed by atoms with van der Waals surface area (Å²) >= 11 is 0. The smallest absolute Gasteiger partial charge is 0.226 e. The van der Waals surface area contributed by atoms with Crippen LogP contribution >= 0.6 is 0 Å². The number of rotatable bonds is 8. The monoisotopic (exact) mass is 339 g/mol. The highest BCUT2D eigenvalue weighted by molar-refractivity contribution is 5.91. The van der Waals surface area contributed by atoms with Crippen molar-refractivity contribution in [1.82, 2.24) is 0 Å². The normalized spacial score (nSPS) is 10.4. The first kappa shape index (κ1) is 18.8. The summed E-state index contributed by atoms with van der Waals surface area (Å²) < 4.78 is 0. The molecule has 4 nitrogen and oxygen atoms in total. The number of benzene rings is 2. The van der Waals surface area contributed by atoms with Crippen LogP contribution in [0.1, 0.15) is 31.4 Å². The van der Waals surface area contributed by atoms with E-state index in [1.54, 1.807) is 0 Å². The molecule has 0 bridgehead atoms. The second-order valence-corrected chi connectivity index (χ2v) is 6.32. The van der Waals surface area contributed by atoms with Crippen molar-refractivity contribution in [3.63, 3.8) is 0 Å². The molecule has 0 heterocycles. The van der Waals surface area contributed by atoms with Crippen molar-refractivity contribution >= 4 is 23.0 Å². The molecule has 0 aromatic heterocycles. The fourth-order valence-electron chi connectivity index (χ4n) is 2.84. The number of para-hydroxylation sites is 1. The molecule has 134 valence electrons. The molecule has 2 aromatic rings. The zero-order chi connectivity index (χ0) is 18.2. The van der Waals surface area contributed by atoms with Crippen LogP contribution in [-0.2, 0) is 17.6 Å². The van der Waals surface area contributed by atoms with Gasteiger partial charge in [0.25, 0.3) is 0 Å². The van der Waals surface area contributed by atoms with Crippen LogP contribution in [0.4, 0.5) is 17.1 Å². The summed E-state index contributed by atoms with van der Waals surface area (Å²) in [7, 11) is 4.00. The SMILES string of the molecule is CCc1cccc(CC)c1NCCC(=O)Nc1ccc(N(C)C)cc1. The van der Waals surface area contributed by atoms with Gasteiger partial charge in [-0.1, -0.05) is 32.0 Å². The molecule has 0 saturated carbocycles. The van der Waals surface area contributed by atoms with Crippen LogP contribution < -0.4 is 15.5 Å². The molecule has 0 radical (unpaired) electrons. The third kappa shape index (κ3) is 5.24. The first-order valence-corrected chi connectivity index (χ1v) is 8.97. The topological polar surface area (TPSA) is 44.4 Å². The maximum Gasteiger partial charge on any atom is 0.226 e. The van der Waals surface area contributed by atoms with E-state index >= 15 is 0 Å². The van der Waals surface area contributed by atoms with Gasteiger partial charge in [-0.3, -0.25) is 4.79 Å². The third-order valence-electron chi connectivity index (χ3n) is 4.32. The Morgan fingerprint density at radius 3 is 2.08 bits per heavy atom. The fourth-order valence-corrected chi connectivity index (χ4v) is 2.84. The number of hydrogen-bond acceptors (Lipinski definition) is 3. The summed E-state index contributed by atoms with van der Waals surface area (Å²) in [5, 5.41) is 6.41. The van der Waals surface area contributed by atoms with E-state index < -0.39 is 0 Å². The van der Waals surface area contributed by atoms with Gasteiger partial charge in [-0.05, 0) is 48.2 Å². The van der Waals surface area contributed by atoms with Crippen molar-refractivity contribution in [2.45, 2.75) is 33.1 Å². The maximum absolute atomic E-state index is 12.2. The number of carbonyl (C=O) groups is 1. The highest BCUT2D eigenvalue weighted by atomic mass is 16.1. The molecule has 2 aromatic carbocycles. The molecule has 2 N–H and O–H groups in total. The molecule has 0 aliphatic rings. The lowest BCUT2D eigenvalue weighted by atomic mass is 10.0. The van der Waals surface area contributed by atoms with Gasteiger partial charge in [0.1, 0.15) is 0 Å². The number of amides is 1. The van der Waals surface area contributed by atoms with Crippen molar-refractivity contribution in [2.24, 2.45) is 0 Å². The van der Waals surface area contributed by atoms with Crippen LogP contribution in [0.15, 0.2) is 42.5 Å². The third-order valence-corrected chi connectivity index (χ3v) is 4.32. The Morgan fingerprint density at radius 2 is 1.56 bits per heavy atom. The predicted molar refractivity (Wildman–Crippen MR) is 108 cm³/mol. The molecule has 0 fully saturated rings. The lowest BCUT2D eigenvalue weighted by molar-refractivity contribution is -0.115. The van der Waals surface area contributed by atoms with Crippen molar-refractivity contribution in [1.29, 1.82) is 0 Å². The number of carbonyl (C=O) groups excluding carboxylic acids is 1. The van der Waals surface area contributed by atoms with E-state index in [4.69, 9.17) is 0 Å². The minimum atomic E-state index is 0.0251. The van der Waals surface area contributed by atoms with Gasteiger partial charge in [0.15, 0.2) is 0 Å². The Morgan fingerprint density at radius 1 is 0.960 bits per heavy atom. The molecule has 0 atom stereocenters. The van der Waals surface area contributed by atoms with Gasteiger partial charge in [-0.25, -0.2) is 0 Å². The number of nitrogens with zero attached hydrogens (tertiary/aromatic N) is 1. The lowest BCUT2D eigenvalue weighted by Gasteiger charge is -2.15. The van der Waals surface area contributed by atoms with E-state index in [0.29, 0.717) is 13.0 Å². The standard InChI is InChI=1S/C21H29N3O/c1-5-16-8-7-9-17(6-2)21(16)22-15-14-20(25)23-18-10-12-19(13-11-18)24(3)4/h7-13,22H,5-6,14-15H2,1-4H3,(H,23,25). The Hall–Kier alpha value is -2.49. The zero-order valence-corrected chi connectivity index (χ0v) is 15.7. The fraction of sp³-hybridized carbons (Fsp3) is 0.381. The van der Waals surface area contributed by atoms with Crippen molar-refractivity contribution < 1.29 is 4.79 Å². The molecule has 0 spiro atoms. The van der Waals surface area contributed by atoms with Crippen LogP contribution in [0, 0.1) is 0 Å². The minimum Gasteiger partial charge on any atom is -0.384 e. The summed E-state index contributed by atoms with van der Waals surface area (Å²) in [5.74, 6) is 0.0251. The first-order chi connectivity index (χ1) is 12.0. The quantitative estimate of drug-likeness (QED) is 0.753. The van der Waals surface area contributed by atoms with Gasteiger partial charge in [0, 0.05) is 44.1 Å². The molecule has 0 saturated heterocycles. The number of anilines is 3. The van der Waals surface area contributed by atoms with Crippen molar-refractivity contribution in [2.75, 3.05) is 36.2 Å². The van der Waals surface area contributed by atoms with Crippen molar-refractivity contribution in [3.8, 4) is 0 Å². The van der Waals surface area contributed by atoms with Gasteiger partial charge in [-0.15, -0.1) is 0 Å². The number of nitrogens with one attached hydrogen (secondary N) is 2. The number of hydrogen-bond donors (Lipinski definition) is 2. The Labute approximate surface area is 151 Å². The van der Waals surface area contributed by atoms with E-state index in [0.717, 1.165) is 24.2 Å². The van der Waals surface area contributed by atoms with E-state index in [9.17, 15) is 4.79 Å². The molecular formula is C21H29N3O. The van der Waals surface area contributed by atoms with E-state index in [2.05, 4.69) is 42.7 Å². The number of aryl methyl sites for hydroxylation is 2. The van der Waals surface area contributed by atoms with Crippen LogP contribution in [-0.4, -0.2) is 26.5 Å². The first-order valence-electron chi connectivity index (χ1n) is 8.97. The lowest BCUT2D eigenvalue weighted by Crippen LogP contribution is -2.17. The van der Waals surface area contributed by atoms with Crippen LogP contribution in [0.5, 0.6) is 0 Å². The van der Waals surface area contributed by atoms with E-state index in [1.165, 1.54) is 16.8 Å². The summed E-state index contributed by atoms with van der Waals surface area (Å²) in [6.45, 7) is 4.94. The van der Waals surface area contributed by atoms with Gasteiger partial charge >= 0.3 is 0 Å². The molecule has 0 aliphatic heterocycles. The molecule has 0 unspecified atom stereocenters. The summed E-state index contributed by atoms with van der Waals surface area (Å²) in [4.78, 5) is 14.2. The molecule has 25 heavy (non-hydrogen) atoms. The Kier molecular flexibility index (Phi) is 6.87. The molecular weight excluding hydrogens is 310 g/mol. The molecule has 4 heteroatoms. The summed E-state index contributed by atoms with van der Waals surface area (Å²) in [6, 6.07) is 14.3. The van der Waals surface area contributed by atoms with Gasteiger partial charge in [0.05, 0.1) is 0 Å². The minimum absolute atomic E-state index is 0.0251. The molecule has 0 aliphatic carbocycles. The highest BCUT2D eigenvalue weighted by Crippen LogP contribution is 2.22. The molecule has 2 rings (SSSR count). The van der Waals surface area contributed by atoms with Gasteiger partial charge < -0.3 is 15.5 Å². The Bertz CT molecular complexity index is 671. The zero-order valence-electron chi connectivity index (χ0n) is 15.7. The van der Waals surface area contributed by atoms with Gasteiger partial charge in [-0.2, -0.15) is 0 Å². The van der Waals surface area contributed by atoms with Gasteiger partial charge in [0.2, 0.25) is 5.91 Å². The van der Waals surface area contributed by atoms with Crippen molar-refractivity contribution in [3.05, 3.63) is 53.6 Å². The average Bonchev–Trinajstić information content (AvgIpc) is 2.62. The largest absolute Gasteiger partial charge is 0.384 e. The van der Waals surface area contributed by atoms with E-state index in [1.807, 2.05) is 43.3 Å². The van der Waals surface area contributed by atoms with Crippen LogP contribution in [0.25, 0.3) is 0 Å². The predicted octanol–water partition coefficient (Wildman–Crippen LogP) is 4.32. The second kappa shape index (κ2) is 9.11. The summed E-state index contributed by atoms with van der Waals surface area (Å²) in [5.41, 5.74) is 5.75.